The molecule has 20 heavy (non-hydrogen) atoms. The van der Waals surface area contributed by atoms with Gasteiger partial charge in [-0.25, -0.2) is 0 Å². The van der Waals surface area contributed by atoms with Gasteiger partial charge in [0.15, 0.2) is 0 Å². The first-order valence-corrected chi connectivity index (χ1v) is 6.24. The Morgan fingerprint density at radius 2 is 1.75 bits per heavy atom. The van der Waals surface area contributed by atoms with Crippen LogP contribution in [-0.2, 0) is 20.8 Å². The van der Waals surface area contributed by atoms with Crippen molar-refractivity contribution < 1.29 is 19.5 Å². The lowest BCUT2D eigenvalue weighted by atomic mass is 10.0. The first kappa shape index (κ1) is 15.7. The molecule has 0 spiro atoms. The zero-order valence-electron chi connectivity index (χ0n) is 11.4. The van der Waals surface area contributed by atoms with Gasteiger partial charge in [-0.05, 0) is 12.5 Å². The van der Waals surface area contributed by atoms with Crippen LogP contribution in [0, 0.1) is 0 Å². The van der Waals surface area contributed by atoms with E-state index in [-0.39, 0.29) is 5.91 Å². The third kappa shape index (κ3) is 5.09. The standard InChI is InChI=1S/C14H18N2O4/c1-9(14(19)20)15-13(18)12(16-10(2)17)8-11-6-4-3-5-7-11/h3-7,9,12H,8H2,1-2H3,(H,15,18)(H,16,17)(H,19,20)/t9-,12+/m0/s1. The number of benzene rings is 1. The third-order valence-electron chi connectivity index (χ3n) is 2.71. The zero-order chi connectivity index (χ0) is 15.1. The van der Waals surface area contributed by atoms with Gasteiger partial charge in [-0.1, -0.05) is 30.3 Å². The van der Waals surface area contributed by atoms with Crippen LogP contribution < -0.4 is 10.6 Å². The number of rotatable bonds is 6. The van der Waals surface area contributed by atoms with Crippen molar-refractivity contribution in [2.75, 3.05) is 0 Å². The Balaban J connectivity index is 2.75. The molecular weight excluding hydrogens is 260 g/mol. The second-order valence-corrected chi connectivity index (χ2v) is 4.51. The Morgan fingerprint density at radius 3 is 2.25 bits per heavy atom. The van der Waals surface area contributed by atoms with Crippen molar-refractivity contribution in [2.45, 2.75) is 32.4 Å². The molecular formula is C14H18N2O4. The summed E-state index contributed by atoms with van der Waals surface area (Å²) in [4.78, 5) is 33.9. The van der Waals surface area contributed by atoms with Crippen LogP contribution >= 0.6 is 0 Å². The van der Waals surface area contributed by atoms with E-state index in [9.17, 15) is 14.4 Å². The van der Waals surface area contributed by atoms with E-state index in [1.165, 1.54) is 13.8 Å². The van der Waals surface area contributed by atoms with Crippen LogP contribution in [0.4, 0.5) is 0 Å². The van der Waals surface area contributed by atoms with E-state index in [0.29, 0.717) is 6.42 Å². The molecule has 108 valence electrons. The predicted octanol–water partition coefficient (Wildman–Crippen LogP) is 0.323. The smallest absolute Gasteiger partial charge is 0.325 e. The number of aliphatic carboxylic acids is 1. The van der Waals surface area contributed by atoms with E-state index in [1.54, 1.807) is 0 Å². The van der Waals surface area contributed by atoms with Crippen molar-refractivity contribution in [1.29, 1.82) is 0 Å². The molecule has 2 atom stereocenters. The number of amides is 2. The predicted molar refractivity (Wildman–Crippen MR) is 73.0 cm³/mol. The van der Waals surface area contributed by atoms with Crippen molar-refractivity contribution in [3.63, 3.8) is 0 Å². The van der Waals surface area contributed by atoms with Gasteiger partial charge in [-0.3, -0.25) is 14.4 Å². The monoisotopic (exact) mass is 278 g/mol. The molecule has 0 unspecified atom stereocenters. The summed E-state index contributed by atoms with van der Waals surface area (Å²) < 4.78 is 0. The van der Waals surface area contributed by atoms with Crippen molar-refractivity contribution in [2.24, 2.45) is 0 Å². The molecule has 0 saturated heterocycles. The fourth-order valence-corrected chi connectivity index (χ4v) is 1.68. The van der Waals surface area contributed by atoms with E-state index in [4.69, 9.17) is 5.11 Å². The minimum atomic E-state index is -1.13. The number of carbonyl (C=O) groups is 3. The first-order valence-electron chi connectivity index (χ1n) is 6.24. The second-order valence-electron chi connectivity index (χ2n) is 4.51. The average molecular weight is 278 g/mol. The summed E-state index contributed by atoms with van der Waals surface area (Å²) in [5, 5.41) is 13.7. The van der Waals surface area contributed by atoms with Gasteiger partial charge in [-0.2, -0.15) is 0 Å². The number of carboxylic acids is 1. The highest BCUT2D eigenvalue weighted by Crippen LogP contribution is 2.04. The molecule has 0 fully saturated rings. The molecule has 1 rings (SSSR count). The van der Waals surface area contributed by atoms with Crippen molar-refractivity contribution in [1.82, 2.24) is 10.6 Å². The molecule has 6 heteroatoms. The maximum Gasteiger partial charge on any atom is 0.325 e. The molecule has 0 aliphatic rings. The van der Waals surface area contributed by atoms with Gasteiger partial charge in [0.25, 0.3) is 0 Å². The number of hydrogen-bond donors (Lipinski definition) is 3. The number of hydrogen-bond acceptors (Lipinski definition) is 3. The van der Waals surface area contributed by atoms with Crippen LogP contribution in [0.25, 0.3) is 0 Å². The summed E-state index contributed by atoms with van der Waals surface area (Å²) in [5.41, 5.74) is 0.879. The van der Waals surface area contributed by atoms with E-state index in [1.807, 2.05) is 30.3 Å². The molecule has 0 aliphatic heterocycles. The molecule has 0 aliphatic carbocycles. The van der Waals surface area contributed by atoms with Crippen LogP contribution in [0.3, 0.4) is 0 Å². The maximum absolute atomic E-state index is 12.0. The lowest BCUT2D eigenvalue weighted by Crippen LogP contribution is -2.51. The molecule has 0 aromatic heterocycles. The van der Waals surface area contributed by atoms with E-state index in [2.05, 4.69) is 10.6 Å². The quantitative estimate of drug-likeness (QED) is 0.698. The summed E-state index contributed by atoms with van der Waals surface area (Å²) in [7, 11) is 0. The van der Waals surface area contributed by atoms with Gasteiger partial charge in [0.2, 0.25) is 11.8 Å². The second kappa shape index (κ2) is 7.28. The molecule has 6 nitrogen and oxygen atoms in total. The van der Waals surface area contributed by atoms with Gasteiger partial charge in [0, 0.05) is 13.3 Å². The van der Waals surface area contributed by atoms with Gasteiger partial charge >= 0.3 is 5.97 Å². The lowest BCUT2D eigenvalue weighted by Gasteiger charge is -2.19. The van der Waals surface area contributed by atoms with Crippen molar-refractivity contribution in [3.8, 4) is 0 Å². The van der Waals surface area contributed by atoms with Crippen LogP contribution in [0.5, 0.6) is 0 Å². The average Bonchev–Trinajstić information content (AvgIpc) is 2.38. The fourth-order valence-electron chi connectivity index (χ4n) is 1.68. The lowest BCUT2D eigenvalue weighted by molar-refractivity contribution is -0.141. The highest BCUT2D eigenvalue weighted by atomic mass is 16.4. The minimum absolute atomic E-state index is 0.304. The molecule has 2 amide bonds. The van der Waals surface area contributed by atoms with Crippen LogP contribution in [0.15, 0.2) is 30.3 Å². The van der Waals surface area contributed by atoms with Gasteiger partial charge < -0.3 is 15.7 Å². The van der Waals surface area contributed by atoms with Gasteiger partial charge in [0.05, 0.1) is 0 Å². The maximum atomic E-state index is 12.0. The summed E-state index contributed by atoms with van der Waals surface area (Å²) in [6.45, 7) is 2.68. The fraction of sp³-hybridized carbons (Fsp3) is 0.357. The molecule has 3 N–H and O–H groups in total. The largest absolute Gasteiger partial charge is 0.480 e. The summed E-state index contributed by atoms with van der Waals surface area (Å²) in [6.07, 6.45) is 0.304. The summed E-state index contributed by atoms with van der Waals surface area (Å²) in [5.74, 6) is -1.98. The highest BCUT2D eigenvalue weighted by molar-refractivity contribution is 5.90. The van der Waals surface area contributed by atoms with E-state index < -0.39 is 24.0 Å². The first-order chi connectivity index (χ1) is 9.40. The third-order valence-corrected chi connectivity index (χ3v) is 2.71. The van der Waals surface area contributed by atoms with Gasteiger partial charge in [-0.15, -0.1) is 0 Å². The van der Waals surface area contributed by atoms with Crippen molar-refractivity contribution in [3.05, 3.63) is 35.9 Å². The Bertz CT molecular complexity index is 487. The van der Waals surface area contributed by atoms with Crippen LogP contribution in [0.1, 0.15) is 19.4 Å². The van der Waals surface area contributed by atoms with Gasteiger partial charge in [0.1, 0.15) is 12.1 Å². The molecule has 0 radical (unpaired) electrons. The number of carboxylic acid groups (broad SMARTS) is 1. The van der Waals surface area contributed by atoms with E-state index >= 15 is 0 Å². The minimum Gasteiger partial charge on any atom is -0.480 e. The topological polar surface area (TPSA) is 95.5 Å². The Morgan fingerprint density at radius 1 is 1.15 bits per heavy atom. The Hall–Kier alpha value is -2.37. The van der Waals surface area contributed by atoms with Crippen LogP contribution in [0.2, 0.25) is 0 Å². The normalized spacial score (nSPS) is 13.1. The molecule has 0 heterocycles. The van der Waals surface area contributed by atoms with Crippen molar-refractivity contribution >= 4 is 17.8 Å². The SMILES string of the molecule is CC(=O)N[C@H](Cc1ccccc1)C(=O)N[C@@H](C)C(=O)O. The molecule has 1 aromatic carbocycles. The molecule has 0 saturated carbocycles. The van der Waals surface area contributed by atoms with Crippen LogP contribution in [-0.4, -0.2) is 35.0 Å². The molecule has 0 bridgehead atoms. The zero-order valence-corrected chi connectivity index (χ0v) is 11.4. The Labute approximate surface area is 117 Å². The summed E-state index contributed by atoms with van der Waals surface area (Å²) in [6, 6.07) is 7.39. The van der Waals surface area contributed by atoms with E-state index in [0.717, 1.165) is 5.56 Å². The Kier molecular flexibility index (Phi) is 5.71. The summed E-state index contributed by atoms with van der Waals surface area (Å²) >= 11 is 0. The highest BCUT2D eigenvalue weighted by Gasteiger charge is 2.23. The number of nitrogens with one attached hydrogen (secondary N) is 2. The molecule has 1 aromatic rings. The number of carbonyl (C=O) groups excluding carboxylic acids is 2.